The third-order valence-electron chi connectivity index (χ3n) is 5.60. The second kappa shape index (κ2) is 8.02. The van der Waals surface area contributed by atoms with E-state index in [9.17, 15) is 32.1 Å². The number of aromatic nitrogens is 1. The molecule has 1 fully saturated rings. The third-order valence-corrected chi connectivity index (χ3v) is 6.91. The van der Waals surface area contributed by atoms with Gasteiger partial charge in [-0.25, -0.2) is 0 Å². The largest absolute Gasteiger partial charge is 0.593 e. The normalized spacial score (nSPS) is 21.1. The first-order chi connectivity index (χ1) is 14.3. The number of aldehydes is 1. The van der Waals surface area contributed by atoms with Crippen LogP contribution in [0, 0.1) is 0 Å². The zero-order valence-electron chi connectivity index (χ0n) is 17.2. The number of nitrogens with zero attached hydrogens (tertiary/aromatic N) is 2. The fraction of sp³-hybridized carbons (Fsp3) is 0.611. The zero-order valence-corrected chi connectivity index (χ0v) is 18.0. The molecule has 0 aromatic carbocycles. The predicted molar refractivity (Wildman–Crippen MR) is 103 cm³/mol. The van der Waals surface area contributed by atoms with Crippen LogP contribution in [-0.4, -0.2) is 69.1 Å². The minimum atomic E-state index is -4.71. The average molecular weight is 464 g/mol. The molecule has 0 saturated carbocycles. The van der Waals surface area contributed by atoms with Crippen LogP contribution in [0.2, 0.25) is 0 Å². The van der Waals surface area contributed by atoms with Crippen LogP contribution >= 0.6 is 0 Å². The lowest BCUT2D eigenvalue weighted by molar-refractivity contribution is -0.189. The van der Waals surface area contributed by atoms with Crippen molar-refractivity contribution in [3.63, 3.8) is 0 Å². The molecule has 3 rings (SSSR count). The molecule has 13 heteroatoms. The summed E-state index contributed by atoms with van der Waals surface area (Å²) in [6.07, 6.45) is -2.06. The number of rotatable bonds is 2. The van der Waals surface area contributed by atoms with E-state index in [4.69, 9.17) is 4.74 Å². The van der Waals surface area contributed by atoms with Crippen LogP contribution in [0.5, 0.6) is 5.75 Å². The van der Waals surface area contributed by atoms with E-state index < -0.39 is 40.4 Å². The lowest BCUT2D eigenvalue weighted by atomic mass is 9.89. The van der Waals surface area contributed by atoms with Crippen molar-refractivity contribution in [2.45, 2.75) is 48.8 Å². The molecule has 1 unspecified atom stereocenters. The standard InChI is InChI=1S/C18H23F3N4O5S/c1-16(2,18(19,20)21)22-14(27)15(28)25-6-4-17(5-7-25)10-30-13-11(9-26)24(3)8-12(13)31(29)23-17/h8-9,23H,4-7,10H2,1-3H3,(H,22,27). The molecule has 0 bridgehead atoms. The van der Waals surface area contributed by atoms with Crippen molar-refractivity contribution in [2.75, 3.05) is 19.7 Å². The van der Waals surface area contributed by atoms with E-state index in [1.165, 1.54) is 10.8 Å². The van der Waals surface area contributed by atoms with Crippen LogP contribution in [0.4, 0.5) is 13.2 Å². The summed E-state index contributed by atoms with van der Waals surface area (Å²) in [4.78, 5) is 37.2. The first-order valence-corrected chi connectivity index (χ1v) is 10.6. The van der Waals surface area contributed by atoms with E-state index in [2.05, 4.69) is 4.72 Å². The maximum absolute atomic E-state index is 13.0. The predicted octanol–water partition coefficient (Wildman–Crippen LogP) is 0.661. The number of fused-ring (bicyclic) bond motifs is 1. The molecular formula is C18H23F3N4O5S. The molecule has 1 atom stereocenters. The van der Waals surface area contributed by atoms with Crippen molar-refractivity contribution in [3.8, 4) is 5.75 Å². The molecule has 0 aliphatic carbocycles. The van der Waals surface area contributed by atoms with Crippen LogP contribution in [0.3, 0.4) is 0 Å². The van der Waals surface area contributed by atoms with Gasteiger partial charge >= 0.3 is 18.0 Å². The molecule has 2 aliphatic heterocycles. The Hall–Kier alpha value is -2.25. The van der Waals surface area contributed by atoms with E-state index in [-0.39, 0.29) is 44.0 Å². The van der Waals surface area contributed by atoms with Gasteiger partial charge < -0.3 is 24.1 Å². The molecule has 172 valence electrons. The summed E-state index contributed by atoms with van der Waals surface area (Å²) in [5.74, 6) is -2.17. The lowest BCUT2D eigenvalue weighted by Crippen LogP contribution is -2.61. The van der Waals surface area contributed by atoms with Crippen molar-refractivity contribution in [2.24, 2.45) is 7.05 Å². The molecule has 2 aliphatic rings. The van der Waals surface area contributed by atoms with Gasteiger partial charge in [-0.3, -0.25) is 14.4 Å². The summed E-state index contributed by atoms with van der Waals surface area (Å²) in [5, 5.41) is 1.73. The lowest BCUT2D eigenvalue weighted by Gasteiger charge is -2.40. The summed E-state index contributed by atoms with van der Waals surface area (Å²) >= 11 is -1.68. The first kappa shape index (κ1) is 23.4. The van der Waals surface area contributed by atoms with Crippen LogP contribution < -0.4 is 14.8 Å². The number of carbonyl (C=O) groups is 3. The third kappa shape index (κ3) is 4.39. The molecule has 1 saturated heterocycles. The van der Waals surface area contributed by atoms with Gasteiger partial charge in [-0.05, 0) is 26.7 Å². The summed E-state index contributed by atoms with van der Waals surface area (Å²) in [5.41, 5.74) is -3.08. The van der Waals surface area contributed by atoms with Crippen molar-refractivity contribution >= 4 is 29.5 Å². The molecule has 2 N–H and O–H groups in total. The van der Waals surface area contributed by atoms with E-state index in [0.29, 0.717) is 11.2 Å². The summed E-state index contributed by atoms with van der Waals surface area (Å²) in [7, 11) is 1.63. The van der Waals surface area contributed by atoms with E-state index in [1.807, 2.05) is 0 Å². The molecule has 9 nitrogen and oxygen atoms in total. The smallest absolute Gasteiger partial charge is 0.410 e. The first-order valence-electron chi connectivity index (χ1n) is 9.45. The van der Waals surface area contributed by atoms with Crippen molar-refractivity contribution in [1.29, 1.82) is 0 Å². The minimum absolute atomic E-state index is 0.0603. The monoisotopic (exact) mass is 464 g/mol. The number of ether oxygens (including phenoxy) is 1. The number of hydrogen-bond acceptors (Lipinski definition) is 6. The van der Waals surface area contributed by atoms with E-state index in [0.717, 1.165) is 18.7 Å². The van der Waals surface area contributed by atoms with Gasteiger partial charge in [-0.1, -0.05) is 0 Å². The molecule has 31 heavy (non-hydrogen) atoms. The highest BCUT2D eigenvalue weighted by Gasteiger charge is 2.50. The Morgan fingerprint density at radius 1 is 1.32 bits per heavy atom. The molecule has 0 radical (unpaired) electrons. The molecular weight excluding hydrogens is 441 g/mol. The molecule has 1 aromatic heterocycles. The molecule has 2 amide bonds. The van der Waals surface area contributed by atoms with Gasteiger partial charge in [0.2, 0.25) is 10.6 Å². The Kier molecular flexibility index (Phi) is 6.06. The van der Waals surface area contributed by atoms with E-state index in [1.54, 1.807) is 12.4 Å². The molecule has 1 aromatic rings. The summed E-state index contributed by atoms with van der Waals surface area (Å²) < 4.78 is 62.0. The average Bonchev–Trinajstić information content (AvgIpc) is 2.94. The van der Waals surface area contributed by atoms with Crippen LogP contribution in [0.15, 0.2) is 11.1 Å². The van der Waals surface area contributed by atoms with Gasteiger partial charge in [0.1, 0.15) is 23.4 Å². The highest BCUT2D eigenvalue weighted by atomic mass is 32.2. The topological polar surface area (TPSA) is 116 Å². The number of aryl methyl sites for hydroxylation is 1. The van der Waals surface area contributed by atoms with Gasteiger partial charge in [0, 0.05) is 20.1 Å². The quantitative estimate of drug-likeness (QED) is 0.378. The van der Waals surface area contributed by atoms with Crippen LogP contribution in [0.1, 0.15) is 37.2 Å². The number of hydrogen-bond donors (Lipinski definition) is 2. The second-order valence-electron chi connectivity index (χ2n) is 8.25. The second-order valence-corrected chi connectivity index (χ2v) is 9.43. The number of alkyl halides is 3. The number of likely N-dealkylation sites (tertiary alicyclic amines) is 1. The zero-order chi connectivity index (χ0) is 23.2. The SMILES string of the molecule is Cn1cc2c(c1C=O)OCC1(CCN(C(=O)C(=O)NC(C)(C)C(F)(F)F)CC1)N[S+]2[O-]. The summed E-state index contributed by atoms with van der Waals surface area (Å²) in [6.45, 7) is 1.75. The van der Waals surface area contributed by atoms with Gasteiger partial charge in [-0.2, -0.15) is 13.2 Å². The Bertz CT molecular complexity index is 893. The molecule has 3 heterocycles. The van der Waals surface area contributed by atoms with Gasteiger partial charge in [0.05, 0.1) is 17.6 Å². The van der Waals surface area contributed by atoms with Gasteiger partial charge in [0.25, 0.3) is 0 Å². The number of amides is 2. The fourth-order valence-electron chi connectivity index (χ4n) is 3.43. The number of piperidine rings is 1. The van der Waals surface area contributed by atoms with Crippen molar-refractivity contribution < 1.29 is 36.8 Å². The number of nitrogens with one attached hydrogen (secondary N) is 2. The summed E-state index contributed by atoms with van der Waals surface area (Å²) in [6, 6.07) is 0. The Balaban J connectivity index is 1.65. The fourth-order valence-corrected chi connectivity index (χ4v) is 4.78. The van der Waals surface area contributed by atoms with Crippen molar-refractivity contribution in [3.05, 3.63) is 11.9 Å². The van der Waals surface area contributed by atoms with E-state index >= 15 is 0 Å². The van der Waals surface area contributed by atoms with Gasteiger partial charge in [0.15, 0.2) is 6.29 Å². The van der Waals surface area contributed by atoms with Crippen LogP contribution in [-0.2, 0) is 28.0 Å². The maximum atomic E-state index is 13.0. The Labute approximate surface area is 179 Å². The minimum Gasteiger partial charge on any atom is -0.593 e. The maximum Gasteiger partial charge on any atom is 0.410 e. The van der Waals surface area contributed by atoms with Crippen molar-refractivity contribution in [1.82, 2.24) is 19.5 Å². The van der Waals surface area contributed by atoms with Gasteiger partial charge in [-0.15, -0.1) is 4.72 Å². The highest BCUT2D eigenvalue weighted by molar-refractivity contribution is 7.89. The number of halogens is 3. The Morgan fingerprint density at radius 2 is 1.94 bits per heavy atom. The number of carbonyl (C=O) groups excluding carboxylic acids is 3. The van der Waals surface area contributed by atoms with Crippen LogP contribution in [0.25, 0.3) is 0 Å². The Morgan fingerprint density at radius 3 is 2.48 bits per heavy atom. The highest BCUT2D eigenvalue weighted by Crippen LogP contribution is 2.36. The molecule has 1 spiro atoms.